The maximum atomic E-state index is 13.1. The first-order valence-corrected chi connectivity index (χ1v) is 11.3. The molecule has 180 valence electrons. The summed E-state index contributed by atoms with van der Waals surface area (Å²) in [6.07, 6.45) is 0. The molecule has 0 spiro atoms. The zero-order chi connectivity index (χ0) is 25.5. The number of methoxy groups -OCH3 is 1. The smallest absolute Gasteiger partial charge is 0.257 e. The highest BCUT2D eigenvalue weighted by molar-refractivity contribution is 6.13. The van der Waals surface area contributed by atoms with Gasteiger partial charge in [0.05, 0.1) is 18.4 Å². The highest BCUT2D eigenvalue weighted by Crippen LogP contribution is 2.23. The first kappa shape index (κ1) is 24.2. The van der Waals surface area contributed by atoms with Crippen molar-refractivity contribution in [2.75, 3.05) is 23.1 Å². The topological polar surface area (TPSA) is 96.5 Å². The number of hydrogen-bond donors (Lipinski definition) is 3. The van der Waals surface area contributed by atoms with E-state index in [-0.39, 0.29) is 11.8 Å². The number of amides is 3. The van der Waals surface area contributed by atoms with E-state index >= 15 is 0 Å². The molecule has 36 heavy (non-hydrogen) atoms. The number of carbonyl (C=O) groups excluding carboxylic acids is 3. The zero-order valence-electron chi connectivity index (χ0n) is 19.9. The summed E-state index contributed by atoms with van der Waals surface area (Å²) in [4.78, 5) is 38.6. The van der Waals surface area contributed by atoms with E-state index in [4.69, 9.17) is 4.74 Å². The van der Waals surface area contributed by atoms with Crippen LogP contribution in [0.2, 0.25) is 0 Å². The third-order valence-electron chi connectivity index (χ3n) is 5.53. The van der Waals surface area contributed by atoms with Crippen molar-refractivity contribution < 1.29 is 19.1 Å². The third kappa shape index (κ3) is 5.77. The van der Waals surface area contributed by atoms with Gasteiger partial charge in [-0.05, 0) is 61.0 Å². The lowest BCUT2D eigenvalue weighted by molar-refractivity contribution is 0.101. The molecule has 0 aliphatic heterocycles. The number of para-hydroxylation sites is 1. The van der Waals surface area contributed by atoms with Gasteiger partial charge in [0.1, 0.15) is 5.75 Å². The van der Waals surface area contributed by atoms with E-state index in [2.05, 4.69) is 16.0 Å². The number of nitrogens with one attached hydrogen (secondary N) is 3. The molecule has 4 rings (SSSR count). The Kier molecular flexibility index (Phi) is 7.41. The maximum absolute atomic E-state index is 13.1. The van der Waals surface area contributed by atoms with Crippen LogP contribution in [-0.4, -0.2) is 24.8 Å². The van der Waals surface area contributed by atoms with Crippen molar-refractivity contribution >= 4 is 34.8 Å². The second kappa shape index (κ2) is 11.0. The number of ether oxygens (including phenoxy) is 1. The number of anilines is 3. The average Bonchev–Trinajstić information content (AvgIpc) is 2.90. The fourth-order valence-corrected chi connectivity index (χ4v) is 3.57. The minimum Gasteiger partial charge on any atom is -0.497 e. The Morgan fingerprint density at radius 3 is 2.08 bits per heavy atom. The highest BCUT2D eigenvalue weighted by atomic mass is 16.5. The third-order valence-corrected chi connectivity index (χ3v) is 5.53. The lowest BCUT2D eigenvalue weighted by Gasteiger charge is -2.13. The van der Waals surface area contributed by atoms with E-state index < -0.39 is 5.91 Å². The summed E-state index contributed by atoms with van der Waals surface area (Å²) in [7, 11) is 1.55. The largest absolute Gasteiger partial charge is 0.497 e. The van der Waals surface area contributed by atoms with Crippen LogP contribution in [0.5, 0.6) is 5.75 Å². The molecule has 0 radical (unpaired) electrons. The molecule has 3 amide bonds. The highest BCUT2D eigenvalue weighted by Gasteiger charge is 2.16. The van der Waals surface area contributed by atoms with Gasteiger partial charge in [0.2, 0.25) is 0 Å². The van der Waals surface area contributed by atoms with E-state index in [9.17, 15) is 14.4 Å². The predicted octanol–water partition coefficient (Wildman–Crippen LogP) is 5.76. The molecule has 0 unspecified atom stereocenters. The minimum atomic E-state index is -0.410. The van der Waals surface area contributed by atoms with Crippen LogP contribution in [0.15, 0.2) is 97.1 Å². The second-order valence-corrected chi connectivity index (χ2v) is 8.04. The molecular weight excluding hydrogens is 454 g/mol. The van der Waals surface area contributed by atoms with Gasteiger partial charge in [0.25, 0.3) is 17.7 Å². The van der Waals surface area contributed by atoms with Crippen molar-refractivity contribution in [2.45, 2.75) is 6.92 Å². The molecule has 0 fully saturated rings. The minimum absolute atomic E-state index is 0.268. The molecule has 0 aliphatic carbocycles. The van der Waals surface area contributed by atoms with E-state index in [1.807, 2.05) is 13.0 Å². The van der Waals surface area contributed by atoms with Crippen LogP contribution < -0.4 is 20.7 Å². The quantitative estimate of drug-likeness (QED) is 0.314. The standard InChI is InChI=1S/C29H25N3O4/c1-19-15-16-21(17-26(19)32-27(33)20-9-4-3-5-10-20)28(34)31-25-14-7-6-13-24(25)29(35)30-22-11-8-12-23(18-22)36-2/h3-18H,1-2H3,(H,30,35)(H,31,34)(H,32,33). The van der Waals surface area contributed by atoms with Gasteiger partial charge < -0.3 is 20.7 Å². The first-order chi connectivity index (χ1) is 17.4. The molecule has 0 saturated heterocycles. The molecule has 7 nitrogen and oxygen atoms in total. The van der Waals surface area contributed by atoms with E-state index in [0.717, 1.165) is 5.56 Å². The Bertz CT molecular complexity index is 1420. The average molecular weight is 480 g/mol. The van der Waals surface area contributed by atoms with Crippen molar-refractivity contribution in [2.24, 2.45) is 0 Å². The summed E-state index contributed by atoms with van der Waals surface area (Å²) in [6, 6.07) is 27.6. The summed E-state index contributed by atoms with van der Waals surface area (Å²) in [5, 5.41) is 8.49. The number of aryl methyl sites for hydroxylation is 1. The molecular formula is C29H25N3O4. The summed E-state index contributed by atoms with van der Waals surface area (Å²) in [5.41, 5.74) is 3.43. The van der Waals surface area contributed by atoms with Gasteiger partial charge in [-0.1, -0.05) is 42.5 Å². The Morgan fingerprint density at radius 2 is 1.31 bits per heavy atom. The Morgan fingerprint density at radius 1 is 0.611 bits per heavy atom. The van der Waals surface area contributed by atoms with Gasteiger partial charge in [0, 0.05) is 28.6 Å². The lowest BCUT2D eigenvalue weighted by atomic mass is 10.1. The van der Waals surface area contributed by atoms with Crippen molar-refractivity contribution in [3.05, 3.63) is 119 Å². The van der Waals surface area contributed by atoms with Crippen molar-refractivity contribution in [3.8, 4) is 5.75 Å². The zero-order valence-corrected chi connectivity index (χ0v) is 19.9. The molecule has 0 heterocycles. The number of carbonyl (C=O) groups is 3. The van der Waals surface area contributed by atoms with E-state index in [1.54, 1.807) is 98.1 Å². The summed E-state index contributed by atoms with van der Waals surface area (Å²) in [5.74, 6) is -0.439. The Balaban J connectivity index is 1.51. The van der Waals surface area contributed by atoms with Crippen LogP contribution in [0.3, 0.4) is 0 Å². The van der Waals surface area contributed by atoms with Crippen LogP contribution in [0.4, 0.5) is 17.1 Å². The van der Waals surface area contributed by atoms with Gasteiger partial charge in [-0.15, -0.1) is 0 Å². The van der Waals surface area contributed by atoms with Gasteiger partial charge in [-0.3, -0.25) is 14.4 Å². The normalized spacial score (nSPS) is 10.3. The van der Waals surface area contributed by atoms with Gasteiger partial charge in [-0.2, -0.15) is 0 Å². The molecule has 0 aromatic heterocycles. The number of benzene rings is 4. The molecule has 0 saturated carbocycles. The van der Waals surface area contributed by atoms with Crippen molar-refractivity contribution in [1.29, 1.82) is 0 Å². The van der Waals surface area contributed by atoms with Crippen molar-refractivity contribution in [3.63, 3.8) is 0 Å². The fraction of sp³-hybridized carbons (Fsp3) is 0.0690. The summed E-state index contributed by atoms with van der Waals surface area (Å²) < 4.78 is 5.20. The van der Waals surface area contributed by atoms with Crippen LogP contribution in [0.25, 0.3) is 0 Å². The Labute approximate surface area is 209 Å². The molecule has 0 aliphatic rings. The maximum Gasteiger partial charge on any atom is 0.257 e. The van der Waals surface area contributed by atoms with Gasteiger partial charge in [0.15, 0.2) is 0 Å². The fourth-order valence-electron chi connectivity index (χ4n) is 3.57. The SMILES string of the molecule is COc1cccc(NC(=O)c2ccccc2NC(=O)c2ccc(C)c(NC(=O)c3ccccc3)c2)c1. The lowest BCUT2D eigenvalue weighted by Crippen LogP contribution is -2.19. The first-order valence-electron chi connectivity index (χ1n) is 11.3. The van der Waals surface area contributed by atoms with Crippen LogP contribution >= 0.6 is 0 Å². The second-order valence-electron chi connectivity index (χ2n) is 8.04. The molecule has 7 heteroatoms. The number of rotatable bonds is 7. The molecule has 0 bridgehead atoms. The molecule has 3 N–H and O–H groups in total. The monoisotopic (exact) mass is 479 g/mol. The van der Waals surface area contributed by atoms with E-state index in [0.29, 0.717) is 39.5 Å². The molecule has 4 aromatic rings. The number of hydrogen-bond acceptors (Lipinski definition) is 4. The van der Waals surface area contributed by atoms with Gasteiger partial charge in [-0.25, -0.2) is 0 Å². The predicted molar refractivity (Wildman–Crippen MR) is 141 cm³/mol. The van der Waals surface area contributed by atoms with Crippen LogP contribution in [0.1, 0.15) is 36.6 Å². The Hall–Kier alpha value is -4.91. The van der Waals surface area contributed by atoms with Crippen LogP contribution in [-0.2, 0) is 0 Å². The van der Waals surface area contributed by atoms with Gasteiger partial charge >= 0.3 is 0 Å². The van der Waals surface area contributed by atoms with Crippen molar-refractivity contribution in [1.82, 2.24) is 0 Å². The summed E-state index contributed by atoms with van der Waals surface area (Å²) in [6.45, 7) is 1.85. The molecule has 4 aromatic carbocycles. The summed E-state index contributed by atoms with van der Waals surface area (Å²) >= 11 is 0. The van der Waals surface area contributed by atoms with Crippen LogP contribution in [0, 0.1) is 6.92 Å². The molecule has 0 atom stereocenters. The van der Waals surface area contributed by atoms with E-state index in [1.165, 1.54) is 0 Å².